The summed E-state index contributed by atoms with van der Waals surface area (Å²) in [7, 11) is 0. The van der Waals surface area contributed by atoms with E-state index in [0.29, 0.717) is 13.0 Å². The summed E-state index contributed by atoms with van der Waals surface area (Å²) >= 11 is 0. The highest BCUT2D eigenvalue weighted by molar-refractivity contribution is 5.82. The number of anilines is 2. The van der Waals surface area contributed by atoms with Crippen LogP contribution in [0.3, 0.4) is 0 Å². The molecule has 5 nitrogen and oxygen atoms in total. The van der Waals surface area contributed by atoms with Crippen molar-refractivity contribution in [3.8, 4) is 0 Å². The van der Waals surface area contributed by atoms with Crippen molar-refractivity contribution in [2.24, 2.45) is 5.92 Å². The molecule has 0 bridgehead atoms. The zero-order valence-corrected chi connectivity index (χ0v) is 16.6. The molecule has 1 fully saturated rings. The largest absolute Gasteiger partial charge is 0.467 e. The first-order chi connectivity index (χ1) is 14.7. The Kier molecular flexibility index (Phi) is 4.91. The van der Waals surface area contributed by atoms with E-state index >= 15 is 0 Å². The number of piperazine rings is 1. The van der Waals surface area contributed by atoms with Crippen molar-refractivity contribution in [1.82, 2.24) is 5.32 Å². The van der Waals surface area contributed by atoms with Gasteiger partial charge in [0.25, 0.3) is 0 Å². The Morgan fingerprint density at radius 3 is 2.70 bits per heavy atom. The molecule has 2 aliphatic heterocycles. The number of benzene rings is 2. The molecule has 1 amide bonds. The van der Waals surface area contributed by atoms with E-state index in [-0.39, 0.29) is 23.7 Å². The molecule has 2 atom stereocenters. The molecule has 0 unspecified atom stereocenters. The van der Waals surface area contributed by atoms with Crippen LogP contribution in [0.5, 0.6) is 0 Å². The lowest BCUT2D eigenvalue weighted by molar-refractivity contribution is -0.126. The first kappa shape index (κ1) is 18.7. The van der Waals surface area contributed by atoms with E-state index in [4.69, 9.17) is 4.42 Å². The third kappa shape index (κ3) is 3.54. The van der Waals surface area contributed by atoms with Crippen LogP contribution in [0.2, 0.25) is 0 Å². The predicted octanol–water partition coefficient (Wildman–Crippen LogP) is 3.60. The predicted molar refractivity (Wildman–Crippen MR) is 114 cm³/mol. The van der Waals surface area contributed by atoms with Crippen LogP contribution in [0.15, 0.2) is 71.3 Å². The number of halogens is 1. The van der Waals surface area contributed by atoms with Gasteiger partial charge in [0.15, 0.2) is 0 Å². The van der Waals surface area contributed by atoms with Gasteiger partial charge in [0, 0.05) is 31.0 Å². The third-order valence-corrected chi connectivity index (χ3v) is 6.17. The molecule has 30 heavy (non-hydrogen) atoms. The molecule has 0 aliphatic carbocycles. The van der Waals surface area contributed by atoms with Crippen LogP contribution in [-0.4, -0.2) is 31.6 Å². The fourth-order valence-electron chi connectivity index (χ4n) is 4.66. The summed E-state index contributed by atoms with van der Waals surface area (Å²) in [6.07, 6.45) is 2.32. The SMILES string of the molecule is O=C(NCc1ccco1)[C@H]1Cc2ccccc2N2CCN(c3ccc(F)cc3)C[C@@H]12. The second-order valence-electron chi connectivity index (χ2n) is 7.92. The number of nitrogens with zero attached hydrogens (tertiary/aromatic N) is 2. The lowest BCUT2D eigenvalue weighted by Gasteiger charge is -2.49. The standard InChI is InChI=1S/C24H24FN3O2/c25-18-7-9-19(10-8-18)27-11-12-28-22-6-2-1-4-17(22)14-21(23(28)16-27)24(29)26-15-20-5-3-13-30-20/h1-10,13,21,23H,11-12,14-16H2,(H,26,29)/t21-,23-/m0/s1. The summed E-state index contributed by atoms with van der Waals surface area (Å²) in [6.45, 7) is 2.76. The number of amides is 1. The topological polar surface area (TPSA) is 48.7 Å². The van der Waals surface area contributed by atoms with Crippen LogP contribution in [0.1, 0.15) is 11.3 Å². The zero-order valence-electron chi connectivity index (χ0n) is 16.6. The summed E-state index contributed by atoms with van der Waals surface area (Å²) in [5.74, 6) is 0.377. The Bertz CT molecular complexity index is 1020. The Morgan fingerprint density at radius 2 is 1.90 bits per heavy atom. The smallest absolute Gasteiger partial charge is 0.225 e. The first-order valence-electron chi connectivity index (χ1n) is 10.3. The van der Waals surface area contributed by atoms with Gasteiger partial charge in [-0.05, 0) is 54.4 Å². The van der Waals surface area contributed by atoms with Gasteiger partial charge in [-0.3, -0.25) is 4.79 Å². The second-order valence-corrected chi connectivity index (χ2v) is 7.92. The van der Waals surface area contributed by atoms with Crippen LogP contribution in [0.4, 0.5) is 15.8 Å². The summed E-state index contributed by atoms with van der Waals surface area (Å²) in [5.41, 5.74) is 3.42. The monoisotopic (exact) mass is 405 g/mol. The lowest BCUT2D eigenvalue weighted by atomic mass is 9.83. The van der Waals surface area contributed by atoms with Gasteiger partial charge in [-0.2, -0.15) is 0 Å². The van der Waals surface area contributed by atoms with Gasteiger partial charge in [0.1, 0.15) is 11.6 Å². The number of carbonyl (C=O) groups excluding carboxylic acids is 1. The van der Waals surface area contributed by atoms with Crippen LogP contribution in [-0.2, 0) is 17.8 Å². The van der Waals surface area contributed by atoms with Gasteiger partial charge in [-0.25, -0.2) is 4.39 Å². The maximum absolute atomic E-state index is 13.4. The lowest BCUT2D eigenvalue weighted by Crippen LogP contribution is -2.61. The molecule has 1 saturated heterocycles. The van der Waals surface area contributed by atoms with Crippen molar-refractivity contribution >= 4 is 17.3 Å². The van der Waals surface area contributed by atoms with Crippen molar-refractivity contribution in [2.45, 2.75) is 19.0 Å². The van der Waals surface area contributed by atoms with Gasteiger partial charge in [0.2, 0.25) is 5.91 Å². The third-order valence-electron chi connectivity index (χ3n) is 6.17. The van der Waals surface area contributed by atoms with E-state index in [1.165, 1.54) is 23.4 Å². The van der Waals surface area contributed by atoms with Crippen molar-refractivity contribution in [3.63, 3.8) is 0 Å². The van der Waals surface area contributed by atoms with Crippen LogP contribution in [0.25, 0.3) is 0 Å². The fraction of sp³-hybridized carbons (Fsp3) is 0.292. The van der Waals surface area contributed by atoms with Crippen LogP contribution in [0, 0.1) is 11.7 Å². The number of fused-ring (bicyclic) bond motifs is 3. The molecule has 0 radical (unpaired) electrons. The van der Waals surface area contributed by atoms with Gasteiger partial charge < -0.3 is 19.5 Å². The van der Waals surface area contributed by atoms with Crippen molar-refractivity contribution in [3.05, 3.63) is 84.1 Å². The quantitative estimate of drug-likeness (QED) is 0.721. The molecule has 0 spiro atoms. The molecule has 154 valence electrons. The van der Waals surface area contributed by atoms with E-state index in [0.717, 1.165) is 31.1 Å². The molecule has 1 aromatic heterocycles. The summed E-state index contributed by atoms with van der Waals surface area (Å²) < 4.78 is 18.7. The minimum absolute atomic E-state index is 0.0388. The van der Waals surface area contributed by atoms with E-state index < -0.39 is 0 Å². The number of hydrogen-bond donors (Lipinski definition) is 1. The van der Waals surface area contributed by atoms with Crippen molar-refractivity contribution in [1.29, 1.82) is 0 Å². The van der Waals surface area contributed by atoms with Gasteiger partial charge in [0.05, 0.1) is 24.8 Å². The molecule has 0 saturated carbocycles. The van der Waals surface area contributed by atoms with E-state index in [2.05, 4.69) is 33.3 Å². The number of furan rings is 1. The average molecular weight is 405 g/mol. The molecule has 2 aliphatic rings. The average Bonchev–Trinajstić information content (AvgIpc) is 3.31. The zero-order chi connectivity index (χ0) is 20.5. The molecular weight excluding hydrogens is 381 g/mol. The van der Waals surface area contributed by atoms with Crippen molar-refractivity contribution in [2.75, 3.05) is 29.4 Å². The summed E-state index contributed by atoms with van der Waals surface area (Å²) in [5, 5.41) is 3.05. The first-order valence-corrected chi connectivity index (χ1v) is 10.3. The molecule has 5 rings (SSSR count). The maximum Gasteiger partial charge on any atom is 0.225 e. The van der Waals surface area contributed by atoms with E-state index in [1.807, 2.05) is 30.3 Å². The molecule has 3 heterocycles. The molecular formula is C24H24FN3O2. The molecule has 6 heteroatoms. The molecule has 1 N–H and O–H groups in total. The highest BCUT2D eigenvalue weighted by Gasteiger charge is 2.41. The van der Waals surface area contributed by atoms with Gasteiger partial charge >= 0.3 is 0 Å². The fourth-order valence-corrected chi connectivity index (χ4v) is 4.66. The second kappa shape index (κ2) is 7.86. The molecule has 2 aromatic carbocycles. The highest BCUT2D eigenvalue weighted by Crippen LogP contribution is 2.37. The Morgan fingerprint density at radius 1 is 1.07 bits per heavy atom. The minimum Gasteiger partial charge on any atom is -0.467 e. The number of rotatable bonds is 4. The Hall–Kier alpha value is -3.28. The van der Waals surface area contributed by atoms with E-state index in [1.54, 1.807) is 6.26 Å². The maximum atomic E-state index is 13.4. The summed E-state index contributed by atoms with van der Waals surface area (Å²) in [4.78, 5) is 17.8. The van der Waals surface area contributed by atoms with Gasteiger partial charge in [-0.1, -0.05) is 18.2 Å². The number of para-hydroxylation sites is 1. The normalized spacial score (nSPS) is 20.4. The number of hydrogen-bond acceptors (Lipinski definition) is 4. The molecule has 3 aromatic rings. The van der Waals surface area contributed by atoms with Gasteiger partial charge in [-0.15, -0.1) is 0 Å². The number of carbonyl (C=O) groups is 1. The highest BCUT2D eigenvalue weighted by atomic mass is 19.1. The Balaban J connectivity index is 1.40. The van der Waals surface area contributed by atoms with E-state index in [9.17, 15) is 9.18 Å². The van der Waals surface area contributed by atoms with Crippen LogP contribution >= 0.6 is 0 Å². The minimum atomic E-state index is -0.237. The van der Waals surface area contributed by atoms with Crippen LogP contribution < -0.4 is 15.1 Å². The van der Waals surface area contributed by atoms with Crippen molar-refractivity contribution < 1.29 is 13.6 Å². The Labute approximate surface area is 175 Å². The number of nitrogens with one attached hydrogen (secondary N) is 1. The summed E-state index contributed by atoms with van der Waals surface area (Å²) in [6, 6.07) is 18.7.